The molecule has 1 aromatic carbocycles. The lowest BCUT2D eigenvalue weighted by molar-refractivity contribution is 0.0968. The lowest BCUT2D eigenvalue weighted by Crippen LogP contribution is -2.48. The second-order valence-electron chi connectivity index (χ2n) is 5.99. The molecule has 1 aliphatic rings. The maximum Gasteiger partial charge on any atom is 0.317 e. The average Bonchev–Trinajstić information content (AvgIpc) is 2.63. The minimum absolute atomic E-state index is 0.0433. The molecule has 2 amide bonds. The van der Waals surface area contributed by atoms with Gasteiger partial charge in [0.2, 0.25) is 5.88 Å². The summed E-state index contributed by atoms with van der Waals surface area (Å²) in [6.07, 6.45) is 1.79. The second-order valence-corrected chi connectivity index (χ2v) is 5.99. The van der Waals surface area contributed by atoms with E-state index in [-0.39, 0.29) is 12.1 Å². The van der Waals surface area contributed by atoms with Crippen molar-refractivity contribution in [3.8, 4) is 5.88 Å². The summed E-state index contributed by atoms with van der Waals surface area (Å²) < 4.78 is 5.86. The molecule has 2 aromatic rings. The molecule has 126 valence electrons. The lowest BCUT2D eigenvalue weighted by atomic mass is 10.1. The molecule has 1 atom stereocenters. The number of piperidine rings is 1. The molecule has 1 saturated heterocycles. The number of nitrogens with zero attached hydrogens (tertiary/aromatic N) is 3. The Labute approximate surface area is 141 Å². The highest BCUT2D eigenvalue weighted by Gasteiger charge is 2.25. The van der Waals surface area contributed by atoms with E-state index >= 15 is 0 Å². The molecule has 1 N–H and O–H groups in total. The molecule has 1 aliphatic heterocycles. The summed E-state index contributed by atoms with van der Waals surface area (Å²) in [6, 6.07) is 13.5. The van der Waals surface area contributed by atoms with Crippen molar-refractivity contribution < 1.29 is 9.53 Å². The van der Waals surface area contributed by atoms with Crippen molar-refractivity contribution in [3.05, 3.63) is 53.7 Å². The van der Waals surface area contributed by atoms with Crippen LogP contribution in [0.3, 0.4) is 0 Å². The third-order valence-corrected chi connectivity index (χ3v) is 4.01. The minimum Gasteiger partial charge on any atom is -0.471 e. The number of carbonyl (C=O) groups excluding carboxylic acids is 1. The highest BCUT2D eigenvalue weighted by atomic mass is 16.5. The first-order valence-electron chi connectivity index (χ1n) is 8.24. The SMILES string of the molecule is Cc1ccc(O[C@H]2CCCN(C(=O)NCc3ccccc3)C2)nn1. The quantitative estimate of drug-likeness (QED) is 0.937. The van der Waals surface area contributed by atoms with E-state index in [2.05, 4.69) is 15.5 Å². The molecule has 0 aliphatic carbocycles. The van der Waals surface area contributed by atoms with Gasteiger partial charge in [-0.3, -0.25) is 0 Å². The fourth-order valence-electron chi connectivity index (χ4n) is 2.72. The van der Waals surface area contributed by atoms with Crippen molar-refractivity contribution >= 4 is 6.03 Å². The zero-order chi connectivity index (χ0) is 16.8. The summed E-state index contributed by atoms with van der Waals surface area (Å²) in [7, 11) is 0. The highest BCUT2D eigenvalue weighted by molar-refractivity contribution is 5.74. The number of nitrogens with one attached hydrogen (secondary N) is 1. The Morgan fingerprint density at radius 1 is 1.25 bits per heavy atom. The van der Waals surface area contributed by atoms with E-state index < -0.39 is 0 Å². The van der Waals surface area contributed by atoms with Crippen LogP contribution < -0.4 is 10.1 Å². The maximum atomic E-state index is 12.3. The molecule has 0 saturated carbocycles. The molecule has 3 rings (SSSR count). The Hall–Kier alpha value is -2.63. The molecule has 1 aromatic heterocycles. The van der Waals surface area contributed by atoms with Gasteiger partial charge in [-0.1, -0.05) is 30.3 Å². The fourth-order valence-corrected chi connectivity index (χ4v) is 2.72. The predicted octanol–water partition coefficient (Wildman–Crippen LogP) is 2.54. The van der Waals surface area contributed by atoms with Gasteiger partial charge in [-0.15, -0.1) is 5.10 Å². The number of benzene rings is 1. The van der Waals surface area contributed by atoms with Gasteiger partial charge in [0.25, 0.3) is 0 Å². The fraction of sp³-hybridized carbons (Fsp3) is 0.389. The van der Waals surface area contributed by atoms with Crippen LogP contribution in [-0.2, 0) is 6.54 Å². The van der Waals surface area contributed by atoms with Crippen molar-refractivity contribution in [3.63, 3.8) is 0 Å². The summed E-state index contributed by atoms with van der Waals surface area (Å²) >= 11 is 0. The zero-order valence-electron chi connectivity index (χ0n) is 13.8. The first kappa shape index (κ1) is 16.2. The van der Waals surface area contributed by atoms with Crippen LogP contribution in [-0.4, -0.2) is 40.3 Å². The summed E-state index contributed by atoms with van der Waals surface area (Å²) in [6.45, 7) is 3.73. The van der Waals surface area contributed by atoms with E-state index in [4.69, 9.17) is 4.74 Å². The smallest absolute Gasteiger partial charge is 0.317 e. The molecule has 24 heavy (non-hydrogen) atoms. The number of amides is 2. The van der Waals surface area contributed by atoms with Gasteiger partial charge in [-0.25, -0.2) is 4.79 Å². The molecule has 0 spiro atoms. The van der Waals surface area contributed by atoms with Gasteiger partial charge in [0, 0.05) is 19.2 Å². The molecule has 1 fully saturated rings. The van der Waals surface area contributed by atoms with E-state index in [0.717, 1.165) is 30.6 Å². The van der Waals surface area contributed by atoms with Crippen LogP contribution in [0.15, 0.2) is 42.5 Å². The standard InChI is InChI=1S/C18H22N4O2/c1-14-9-10-17(21-20-14)24-16-8-5-11-22(13-16)18(23)19-12-15-6-3-2-4-7-15/h2-4,6-7,9-10,16H,5,8,11-13H2,1H3,(H,19,23)/t16-/m0/s1. The Balaban J connectivity index is 1.51. The molecule has 2 heterocycles. The van der Waals surface area contributed by atoms with Crippen molar-refractivity contribution in [1.29, 1.82) is 0 Å². The van der Waals surface area contributed by atoms with Gasteiger partial charge in [0.1, 0.15) is 6.10 Å². The number of carbonyl (C=O) groups is 1. The largest absolute Gasteiger partial charge is 0.471 e. The Bertz CT molecular complexity index is 660. The number of hydrogen-bond donors (Lipinski definition) is 1. The molecule has 0 radical (unpaired) electrons. The Kier molecular flexibility index (Phi) is 5.25. The number of aromatic nitrogens is 2. The highest BCUT2D eigenvalue weighted by Crippen LogP contribution is 2.16. The molecule has 0 bridgehead atoms. The Morgan fingerprint density at radius 2 is 2.08 bits per heavy atom. The third-order valence-electron chi connectivity index (χ3n) is 4.01. The Morgan fingerprint density at radius 3 is 2.83 bits per heavy atom. The van der Waals surface area contributed by atoms with Crippen molar-refractivity contribution in [1.82, 2.24) is 20.4 Å². The minimum atomic E-state index is -0.0536. The lowest BCUT2D eigenvalue weighted by Gasteiger charge is -2.32. The van der Waals surface area contributed by atoms with Crippen LogP contribution in [0.25, 0.3) is 0 Å². The summed E-state index contributed by atoms with van der Waals surface area (Å²) in [5, 5.41) is 11.0. The average molecular weight is 326 g/mol. The number of hydrogen-bond acceptors (Lipinski definition) is 4. The van der Waals surface area contributed by atoms with Crippen LogP contribution in [0.5, 0.6) is 5.88 Å². The van der Waals surface area contributed by atoms with Crippen molar-refractivity contribution in [2.45, 2.75) is 32.4 Å². The van der Waals surface area contributed by atoms with Gasteiger partial charge >= 0.3 is 6.03 Å². The number of likely N-dealkylation sites (tertiary alicyclic amines) is 1. The van der Waals surface area contributed by atoms with E-state index in [1.165, 1.54) is 0 Å². The third kappa shape index (κ3) is 4.44. The molecular formula is C18H22N4O2. The van der Waals surface area contributed by atoms with Gasteiger partial charge in [0.15, 0.2) is 0 Å². The number of aryl methyl sites for hydroxylation is 1. The van der Waals surface area contributed by atoms with Gasteiger partial charge in [-0.05, 0) is 31.4 Å². The van der Waals surface area contributed by atoms with Crippen LogP contribution in [0.4, 0.5) is 4.79 Å². The van der Waals surface area contributed by atoms with Gasteiger partial charge in [0.05, 0.1) is 12.2 Å². The summed E-state index contributed by atoms with van der Waals surface area (Å²) in [4.78, 5) is 14.1. The first-order chi connectivity index (χ1) is 11.7. The summed E-state index contributed by atoms with van der Waals surface area (Å²) in [5.41, 5.74) is 1.94. The molecular weight excluding hydrogens is 304 g/mol. The first-order valence-corrected chi connectivity index (χ1v) is 8.24. The normalized spacial score (nSPS) is 17.4. The van der Waals surface area contributed by atoms with Gasteiger partial charge in [-0.2, -0.15) is 5.10 Å². The monoisotopic (exact) mass is 326 g/mol. The molecule has 6 nitrogen and oxygen atoms in total. The van der Waals surface area contributed by atoms with Crippen LogP contribution in [0, 0.1) is 6.92 Å². The summed E-state index contributed by atoms with van der Waals surface area (Å²) in [5.74, 6) is 0.511. The van der Waals surface area contributed by atoms with E-state index in [9.17, 15) is 4.79 Å². The van der Waals surface area contributed by atoms with E-state index in [0.29, 0.717) is 19.0 Å². The number of urea groups is 1. The van der Waals surface area contributed by atoms with Crippen LogP contribution >= 0.6 is 0 Å². The van der Waals surface area contributed by atoms with Crippen LogP contribution in [0.1, 0.15) is 24.1 Å². The van der Waals surface area contributed by atoms with Gasteiger partial charge < -0.3 is 15.0 Å². The maximum absolute atomic E-state index is 12.3. The topological polar surface area (TPSA) is 67.3 Å². The van der Waals surface area contributed by atoms with E-state index in [1.807, 2.05) is 49.4 Å². The molecule has 0 unspecified atom stereocenters. The van der Waals surface area contributed by atoms with E-state index in [1.54, 1.807) is 4.90 Å². The van der Waals surface area contributed by atoms with Crippen molar-refractivity contribution in [2.24, 2.45) is 0 Å². The molecule has 6 heteroatoms. The zero-order valence-corrected chi connectivity index (χ0v) is 13.8. The number of rotatable bonds is 4. The van der Waals surface area contributed by atoms with Crippen molar-refractivity contribution in [2.75, 3.05) is 13.1 Å². The number of ether oxygens (including phenoxy) is 1. The van der Waals surface area contributed by atoms with Crippen LogP contribution in [0.2, 0.25) is 0 Å². The predicted molar refractivity (Wildman–Crippen MR) is 90.7 cm³/mol. The second kappa shape index (κ2) is 7.77.